The highest BCUT2D eigenvalue weighted by Crippen LogP contribution is 2.15. The molecule has 1 aliphatic heterocycles. The zero-order chi connectivity index (χ0) is 26.7. The van der Waals surface area contributed by atoms with Crippen molar-refractivity contribution < 1.29 is 14.7 Å². The maximum absolute atomic E-state index is 12.4. The summed E-state index contributed by atoms with van der Waals surface area (Å²) in [5, 5.41) is 12.4. The highest BCUT2D eigenvalue weighted by Gasteiger charge is 2.18. The van der Waals surface area contributed by atoms with E-state index in [0.717, 1.165) is 70.6 Å². The molecule has 0 saturated carbocycles. The van der Waals surface area contributed by atoms with E-state index in [1.807, 2.05) is 12.1 Å². The highest BCUT2D eigenvalue weighted by molar-refractivity contribution is 5.94. The number of anilines is 1. The van der Waals surface area contributed by atoms with Crippen LogP contribution in [-0.2, 0) is 4.84 Å². The largest absolute Gasteiger partial charge is 0.354 e. The lowest BCUT2D eigenvalue weighted by Crippen LogP contribution is -2.47. The number of nitrogens with one attached hydrogen (secondary N) is 1. The number of aromatic nitrogens is 1. The molecule has 1 fully saturated rings. The summed E-state index contributed by atoms with van der Waals surface area (Å²) in [5.74, 6) is 1.62. The summed E-state index contributed by atoms with van der Waals surface area (Å²) in [6, 6.07) is 3.87. The number of unbranched alkanes of at least 4 members (excludes halogenated alkanes) is 11. The minimum atomic E-state index is -0.718. The van der Waals surface area contributed by atoms with Gasteiger partial charge in [-0.2, -0.15) is 0 Å². The third-order valence-electron chi connectivity index (χ3n) is 6.88. The Kier molecular flexibility index (Phi) is 15.6. The summed E-state index contributed by atoms with van der Waals surface area (Å²) in [4.78, 5) is 36.2. The lowest BCUT2D eigenvalue weighted by molar-refractivity contribution is -0.757. The molecule has 2 rings (SSSR count). The lowest BCUT2D eigenvalue weighted by Gasteiger charge is -2.36. The van der Waals surface area contributed by atoms with Crippen molar-refractivity contribution in [2.75, 3.05) is 50.8 Å². The smallest absolute Gasteiger partial charge is 0.294 e. The van der Waals surface area contributed by atoms with Gasteiger partial charge < -0.3 is 15.1 Å². The number of rotatable bonds is 20. The molecule has 1 aliphatic rings. The Morgan fingerprint density at radius 2 is 1.51 bits per heavy atom. The molecule has 0 spiro atoms. The van der Waals surface area contributed by atoms with Gasteiger partial charge in [-0.1, -0.05) is 78.1 Å². The second-order valence-electron chi connectivity index (χ2n) is 10.6. The molecule has 0 unspecified atom stereocenters. The molecule has 0 bridgehead atoms. The van der Waals surface area contributed by atoms with Crippen molar-refractivity contribution in [2.24, 2.45) is 5.92 Å². The van der Waals surface area contributed by atoms with Crippen LogP contribution in [0.15, 0.2) is 18.3 Å². The minimum Gasteiger partial charge on any atom is -0.354 e. The zero-order valence-electron chi connectivity index (χ0n) is 23.2. The molecule has 1 amide bonds. The fourth-order valence-electron chi connectivity index (χ4n) is 4.82. The molecular formula is C28H49N5O4. The van der Waals surface area contributed by atoms with Gasteiger partial charge >= 0.3 is 0 Å². The van der Waals surface area contributed by atoms with E-state index in [0.29, 0.717) is 18.0 Å². The van der Waals surface area contributed by atoms with E-state index < -0.39 is 5.09 Å². The molecule has 210 valence electrons. The summed E-state index contributed by atoms with van der Waals surface area (Å²) in [7, 11) is 0. The number of pyridine rings is 1. The molecule has 0 atom stereocenters. The Hall–Kier alpha value is -2.42. The van der Waals surface area contributed by atoms with E-state index in [4.69, 9.17) is 0 Å². The van der Waals surface area contributed by atoms with Crippen LogP contribution in [-0.4, -0.2) is 66.8 Å². The summed E-state index contributed by atoms with van der Waals surface area (Å²) >= 11 is 0. The molecule has 1 N–H and O–H groups in total. The third kappa shape index (κ3) is 14.2. The van der Waals surface area contributed by atoms with E-state index in [1.165, 1.54) is 44.9 Å². The third-order valence-corrected chi connectivity index (χ3v) is 6.88. The Morgan fingerprint density at radius 1 is 0.946 bits per heavy atom. The first-order chi connectivity index (χ1) is 18.0. The van der Waals surface area contributed by atoms with Gasteiger partial charge in [0.15, 0.2) is 0 Å². The maximum Gasteiger partial charge on any atom is 0.294 e. The van der Waals surface area contributed by atoms with Gasteiger partial charge in [-0.05, 0) is 30.9 Å². The molecule has 37 heavy (non-hydrogen) atoms. The molecule has 0 aliphatic carbocycles. The van der Waals surface area contributed by atoms with Crippen molar-refractivity contribution in [1.29, 1.82) is 0 Å². The van der Waals surface area contributed by atoms with Crippen LogP contribution in [0.4, 0.5) is 5.82 Å². The van der Waals surface area contributed by atoms with Gasteiger partial charge in [0.25, 0.3) is 11.0 Å². The predicted molar refractivity (Wildman–Crippen MR) is 148 cm³/mol. The predicted octanol–water partition coefficient (Wildman–Crippen LogP) is 5.48. The minimum absolute atomic E-state index is 0.0360. The highest BCUT2D eigenvalue weighted by atomic mass is 16.9. The van der Waals surface area contributed by atoms with Gasteiger partial charge in [-0.25, -0.2) is 4.98 Å². The van der Waals surface area contributed by atoms with Crippen LogP contribution in [0.3, 0.4) is 0 Å². The fourth-order valence-corrected chi connectivity index (χ4v) is 4.82. The van der Waals surface area contributed by atoms with Crippen LogP contribution in [0.2, 0.25) is 0 Å². The molecule has 0 radical (unpaired) electrons. The number of nitrogens with zero attached hydrogens (tertiary/aromatic N) is 4. The van der Waals surface area contributed by atoms with E-state index in [1.54, 1.807) is 6.20 Å². The first-order valence-electron chi connectivity index (χ1n) is 14.4. The van der Waals surface area contributed by atoms with E-state index >= 15 is 0 Å². The van der Waals surface area contributed by atoms with Crippen LogP contribution in [0.25, 0.3) is 0 Å². The van der Waals surface area contributed by atoms with Crippen molar-refractivity contribution >= 4 is 11.7 Å². The summed E-state index contributed by atoms with van der Waals surface area (Å²) in [6.45, 7) is 10.7. The molecule has 0 aromatic carbocycles. The second kappa shape index (κ2) is 18.8. The number of carbonyl (C=O) groups is 1. The number of hydrogen-bond donors (Lipinski definition) is 1. The van der Waals surface area contributed by atoms with Crippen molar-refractivity contribution in [3.05, 3.63) is 34.0 Å². The number of piperazine rings is 1. The SMILES string of the molecule is CC(C)CN1CCN(c2ccc(C(=O)NCCCCCCCCCCCCCCO[N+](=O)[O-])cn2)CC1. The first kappa shape index (κ1) is 30.8. The van der Waals surface area contributed by atoms with Crippen molar-refractivity contribution in [3.63, 3.8) is 0 Å². The van der Waals surface area contributed by atoms with Gasteiger partial charge in [-0.15, -0.1) is 10.1 Å². The van der Waals surface area contributed by atoms with Crippen molar-refractivity contribution in [3.8, 4) is 0 Å². The molecule has 1 aromatic rings. The van der Waals surface area contributed by atoms with Gasteiger partial charge in [0, 0.05) is 45.5 Å². The molecule has 2 heterocycles. The van der Waals surface area contributed by atoms with Crippen LogP contribution in [0.1, 0.15) is 101 Å². The molecule has 9 heteroatoms. The van der Waals surface area contributed by atoms with Crippen LogP contribution >= 0.6 is 0 Å². The fraction of sp³-hybridized carbons (Fsp3) is 0.786. The summed E-state index contributed by atoms with van der Waals surface area (Å²) in [5.41, 5.74) is 0.632. The van der Waals surface area contributed by atoms with Crippen molar-refractivity contribution in [2.45, 2.75) is 90.9 Å². The monoisotopic (exact) mass is 519 g/mol. The van der Waals surface area contributed by atoms with E-state index in [9.17, 15) is 14.9 Å². The van der Waals surface area contributed by atoms with E-state index in [2.05, 4.69) is 38.8 Å². The Balaban J connectivity index is 1.42. The maximum atomic E-state index is 12.4. The first-order valence-corrected chi connectivity index (χ1v) is 14.4. The van der Waals surface area contributed by atoms with Crippen LogP contribution < -0.4 is 10.2 Å². The number of carbonyl (C=O) groups excluding carboxylic acids is 1. The molecule has 1 aromatic heterocycles. The van der Waals surface area contributed by atoms with Crippen molar-refractivity contribution in [1.82, 2.24) is 15.2 Å². The van der Waals surface area contributed by atoms with Crippen LogP contribution in [0, 0.1) is 16.0 Å². The van der Waals surface area contributed by atoms with Gasteiger partial charge in [0.05, 0.1) is 12.2 Å². The summed E-state index contributed by atoms with van der Waals surface area (Å²) in [6.07, 6.45) is 15.5. The number of amides is 1. The Bertz CT molecular complexity index is 751. The van der Waals surface area contributed by atoms with E-state index in [-0.39, 0.29) is 12.5 Å². The van der Waals surface area contributed by atoms with Gasteiger partial charge in [0.1, 0.15) is 5.82 Å². The average molecular weight is 520 g/mol. The number of hydrogen-bond acceptors (Lipinski definition) is 7. The molecular weight excluding hydrogens is 470 g/mol. The van der Waals surface area contributed by atoms with Gasteiger partial charge in [0.2, 0.25) is 0 Å². The second-order valence-corrected chi connectivity index (χ2v) is 10.6. The zero-order valence-corrected chi connectivity index (χ0v) is 23.2. The summed E-state index contributed by atoms with van der Waals surface area (Å²) < 4.78 is 0. The lowest BCUT2D eigenvalue weighted by atomic mass is 10.1. The van der Waals surface area contributed by atoms with Crippen LogP contribution in [0.5, 0.6) is 0 Å². The molecule has 1 saturated heterocycles. The normalized spacial score (nSPS) is 14.2. The Labute approximate surface area is 223 Å². The van der Waals surface area contributed by atoms with Gasteiger partial charge in [-0.3, -0.25) is 9.69 Å². The standard InChI is InChI=1S/C28H49N5O4/c1-25(2)24-31-18-20-32(21-19-31)27-16-15-26(23-30-27)28(34)29-17-13-11-9-7-5-3-4-6-8-10-12-14-22-37-33(35)36/h15-16,23,25H,3-14,17-22,24H2,1-2H3,(H,29,34). The average Bonchev–Trinajstić information content (AvgIpc) is 2.88. The quantitative estimate of drug-likeness (QED) is 0.138. The topological polar surface area (TPSA) is 101 Å². The molecule has 9 nitrogen and oxygen atoms in total. The Morgan fingerprint density at radius 3 is 2.03 bits per heavy atom.